The Bertz CT molecular complexity index is 63.3. The van der Waals surface area contributed by atoms with Crippen molar-refractivity contribution in [2.45, 2.75) is 46.0 Å². The number of hydrogen-bond donors (Lipinski definition) is 0. The predicted octanol–water partition coefficient (Wildman–Crippen LogP) is 3.24. The van der Waals surface area contributed by atoms with Crippen molar-refractivity contribution in [3.05, 3.63) is 0 Å². The molecular formula is C10H22O. The van der Waals surface area contributed by atoms with Crippen molar-refractivity contribution in [2.24, 2.45) is 5.92 Å². The minimum atomic E-state index is 0.898. The van der Waals surface area contributed by atoms with Gasteiger partial charge in [-0.1, -0.05) is 39.5 Å². The summed E-state index contributed by atoms with van der Waals surface area (Å²) >= 11 is 0. The lowest BCUT2D eigenvalue weighted by Crippen LogP contribution is -2.02. The van der Waals surface area contributed by atoms with Gasteiger partial charge in [0.15, 0.2) is 0 Å². The van der Waals surface area contributed by atoms with Gasteiger partial charge in [0.2, 0.25) is 0 Å². The molecule has 0 aromatic carbocycles. The molecule has 0 unspecified atom stereocenters. The highest BCUT2D eigenvalue weighted by Gasteiger charge is 2.03. The van der Waals surface area contributed by atoms with Gasteiger partial charge in [0.05, 0.1) is 0 Å². The van der Waals surface area contributed by atoms with Gasteiger partial charge in [-0.2, -0.15) is 0 Å². The molecule has 1 heteroatoms. The largest absolute Gasteiger partial charge is 0.385 e. The van der Waals surface area contributed by atoms with Crippen molar-refractivity contribution in [3.8, 4) is 0 Å². The van der Waals surface area contributed by atoms with E-state index in [0.29, 0.717) is 0 Å². The molecule has 0 amide bonds. The molecule has 0 saturated carbocycles. The summed E-state index contributed by atoms with van der Waals surface area (Å²) in [7, 11) is 1.78. The Morgan fingerprint density at radius 1 is 1.18 bits per heavy atom. The molecule has 0 fully saturated rings. The van der Waals surface area contributed by atoms with Gasteiger partial charge in [-0.05, 0) is 12.3 Å². The monoisotopic (exact) mass is 158 g/mol. The van der Waals surface area contributed by atoms with Crippen molar-refractivity contribution in [2.75, 3.05) is 13.7 Å². The molecule has 0 rings (SSSR count). The molecule has 0 saturated heterocycles. The number of rotatable bonds is 7. The minimum Gasteiger partial charge on any atom is -0.385 e. The molecule has 0 aliphatic carbocycles. The summed E-state index contributed by atoms with van der Waals surface area (Å²) in [5.41, 5.74) is 0. The van der Waals surface area contributed by atoms with Crippen LogP contribution in [0.15, 0.2) is 0 Å². The average molecular weight is 158 g/mol. The van der Waals surface area contributed by atoms with Gasteiger partial charge in [-0.25, -0.2) is 0 Å². The van der Waals surface area contributed by atoms with Crippen LogP contribution in [0.1, 0.15) is 46.0 Å². The predicted molar refractivity (Wildman–Crippen MR) is 49.8 cm³/mol. The zero-order chi connectivity index (χ0) is 8.53. The van der Waals surface area contributed by atoms with E-state index in [9.17, 15) is 0 Å². The number of hydrogen-bond acceptors (Lipinski definition) is 1. The molecule has 0 N–H and O–H groups in total. The molecule has 0 spiro atoms. The summed E-state index contributed by atoms with van der Waals surface area (Å²) in [4.78, 5) is 0. The molecule has 0 aliphatic rings. The first kappa shape index (κ1) is 11.0. The lowest BCUT2D eigenvalue weighted by Gasteiger charge is -2.12. The molecule has 68 valence electrons. The van der Waals surface area contributed by atoms with Crippen molar-refractivity contribution in [1.29, 1.82) is 0 Å². The Labute approximate surface area is 71.1 Å². The number of ether oxygens (including phenoxy) is 1. The van der Waals surface area contributed by atoms with Gasteiger partial charge < -0.3 is 4.74 Å². The first-order valence-corrected chi connectivity index (χ1v) is 4.84. The van der Waals surface area contributed by atoms with E-state index in [2.05, 4.69) is 13.8 Å². The topological polar surface area (TPSA) is 9.23 Å². The van der Waals surface area contributed by atoms with Gasteiger partial charge >= 0.3 is 0 Å². The van der Waals surface area contributed by atoms with E-state index in [1.54, 1.807) is 7.11 Å². The summed E-state index contributed by atoms with van der Waals surface area (Å²) in [5, 5.41) is 0. The third kappa shape index (κ3) is 6.36. The Kier molecular flexibility index (Phi) is 8.03. The van der Waals surface area contributed by atoms with E-state index in [-0.39, 0.29) is 0 Å². The molecule has 11 heavy (non-hydrogen) atoms. The molecular weight excluding hydrogens is 136 g/mol. The van der Waals surface area contributed by atoms with Gasteiger partial charge in [0.1, 0.15) is 0 Å². The van der Waals surface area contributed by atoms with Crippen molar-refractivity contribution in [1.82, 2.24) is 0 Å². The van der Waals surface area contributed by atoms with E-state index in [4.69, 9.17) is 4.74 Å². The van der Waals surface area contributed by atoms with E-state index in [0.717, 1.165) is 12.5 Å². The highest BCUT2D eigenvalue weighted by atomic mass is 16.5. The van der Waals surface area contributed by atoms with Crippen LogP contribution in [-0.4, -0.2) is 13.7 Å². The Balaban J connectivity index is 3.25. The van der Waals surface area contributed by atoms with Crippen molar-refractivity contribution >= 4 is 0 Å². The summed E-state index contributed by atoms with van der Waals surface area (Å²) in [6.45, 7) is 5.46. The number of unbranched alkanes of at least 4 members (excludes halogenated alkanes) is 1. The molecule has 1 nitrogen and oxygen atoms in total. The summed E-state index contributed by atoms with van der Waals surface area (Å²) in [5.74, 6) is 0.898. The highest BCUT2D eigenvalue weighted by molar-refractivity contribution is 4.56. The van der Waals surface area contributed by atoms with E-state index < -0.39 is 0 Å². The average Bonchev–Trinajstić information content (AvgIpc) is 2.05. The molecule has 0 aromatic rings. The molecule has 0 aromatic heterocycles. The molecule has 0 aliphatic heterocycles. The number of methoxy groups -OCH3 is 1. The minimum absolute atomic E-state index is 0.898. The maximum absolute atomic E-state index is 5.05. The van der Waals surface area contributed by atoms with Crippen LogP contribution in [0.3, 0.4) is 0 Å². The zero-order valence-electron chi connectivity index (χ0n) is 8.23. The van der Waals surface area contributed by atoms with Crippen molar-refractivity contribution in [3.63, 3.8) is 0 Å². The Hall–Kier alpha value is -0.0400. The summed E-state index contributed by atoms with van der Waals surface area (Å²) in [6.07, 6.45) is 6.64. The van der Waals surface area contributed by atoms with Gasteiger partial charge in [-0.3, -0.25) is 0 Å². The molecule has 0 bridgehead atoms. The fourth-order valence-electron chi connectivity index (χ4n) is 1.33. The lowest BCUT2D eigenvalue weighted by atomic mass is 9.96. The molecule has 0 heterocycles. The van der Waals surface area contributed by atoms with Crippen LogP contribution >= 0.6 is 0 Å². The van der Waals surface area contributed by atoms with Gasteiger partial charge in [-0.15, -0.1) is 0 Å². The van der Waals surface area contributed by atoms with E-state index in [1.807, 2.05) is 0 Å². The van der Waals surface area contributed by atoms with Crippen LogP contribution in [0.4, 0.5) is 0 Å². The second-order valence-corrected chi connectivity index (χ2v) is 3.20. The first-order valence-electron chi connectivity index (χ1n) is 4.84. The summed E-state index contributed by atoms with van der Waals surface area (Å²) in [6, 6.07) is 0. The summed E-state index contributed by atoms with van der Waals surface area (Å²) < 4.78 is 5.05. The van der Waals surface area contributed by atoms with Crippen LogP contribution in [0, 0.1) is 5.92 Å². The molecule has 0 radical (unpaired) electrons. The maximum atomic E-state index is 5.05. The SMILES string of the molecule is CCCC[C@@H](CC)CCOC. The third-order valence-electron chi connectivity index (χ3n) is 2.27. The fraction of sp³-hybridized carbons (Fsp3) is 1.00. The maximum Gasteiger partial charge on any atom is 0.0464 e. The first-order chi connectivity index (χ1) is 5.35. The van der Waals surface area contributed by atoms with Crippen LogP contribution in [0.5, 0.6) is 0 Å². The van der Waals surface area contributed by atoms with Crippen LogP contribution in [0.25, 0.3) is 0 Å². The van der Waals surface area contributed by atoms with Gasteiger partial charge in [0, 0.05) is 13.7 Å². The zero-order valence-corrected chi connectivity index (χ0v) is 8.23. The highest BCUT2D eigenvalue weighted by Crippen LogP contribution is 2.15. The fourth-order valence-corrected chi connectivity index (χ4v) is 1.33. The Morgan fingerprint density at radius 3 is 2.36 bits per heavy atom. The van der Waals surface area contributed by atoms with Crippen LogP contribution in [0.2, 0.25) is 0 Å². The normalized spacial score (nSPS) is 13.4. The quantitative estimate of drug-likeness (QED) is 0.552. The second-order valence-electron chi connectivity index (χ2n) is 3.20. The van der Waals surface area contributed by atoms with E-state index in [1.165, 1.54) is 32.1 Å². The van der Waals surface area contributed by atoms with Crippen LogP contribution in [-0.2, 0) is 4.74 Å². The molecule has 1 atom stereocenters. The second kappa shape index (κ2) is 8.06. The van der Waals surface area contributed by atoms with Gasteiger partial charge in [0.25, 0.3) is 0 Å². The standard InChI is InChI=1S/C10H22O/c1-4-6-7-10(5-2)8-9-11-3/h10H,4-9H2,1-3H3/t10-/m1/s1. The van der Waals surface area contributed by atoms with E-state index >= 15 is 0 Å². The lowest BCUT2D eigenvalue weighted by molar-refractivity contribution is 0.173. The third-order valence-corrected chi connectivity index (χ3v) is 2.27. The van der Waals surface area contributed by atoms with Crippen LogP contribution < -0.4 is 0 Å². The van der Waals surface area contributed by atoms with Crippen molar-refractivity contribution < 1.29 is 4.74 Å². The Morgan fingerprint density at radius 2 is 1.91 bits per heavy atom. The smallest absolute Gasteiger partial charge is 0.0464 e.